The van der Waals surface area contributed by atoms with E-state index in [0.717, 1.165) is 56.1 Å². The van der Waals surface area contributed by atoms with Gasteiger partial charge in [-0.05, 0) is 57.5 Å². The van der Waals surface area contributed by atoms with E-state index in [2.05, 4.69) is 56.4 Å². The van der Waals surface area contributed by atoms with Gasteiger partial charge < -0.3 is 19.9 Å². The molecule has 1 N–H and O–H groups in total. The highest BCUT2D eigenvalue weighted by atomic mass is 16.6. The second-order valence-corrected chi connectivity index (χ2v) is 9.72. The van der Waals surface area contributed by atoms with Crippen LogP contribution < -0.4 is 5.32 Å². The molecule has 0 radical (unpaired) electrons. The topological polar surface area (TPSA) is 73.8 Å². The van der Waals surface area contributed by atoms with E-state index in [1.54, 1.807) is 4.90 Å². The molecule has 32 heavy (non-hydrogen) atoms. The van der Waals surface area contributed by atoms with Crippen LogP contribution in [-0.2, 0) is 24.2 Å². The molecule has 172 valence electrons. The van der Waals surface area contributed by atoms with Gasteiger partial charge in [-0.15, -0.1) is 0 Å². The van der Waals surface area contributed by atoms with Crippen LogP contribution in [0.3, 0.4) is 0 Å². The van der Waals surface area contributed by atoms with Gasteiger partial charge in [-0.3, -0.25) is 4.90 Å². The van der Waals surface area contributed by atoms with Gasteiger partial charge in [0.25, 0.3) is 0 Å². The predicted octanol–water partition coefficient (Wildman–Crippen LogP) is 3.26. The van der Waals surface area contributed by atoms with Crippen LogP contribution in [0.1, 0.15) is 37.6 Å². The van der Waals surface area contributed by atoms with Gasteiger partial charge in [0.2, 0.25) is 5.95 Å². The van der Waals surface area contributed by atoms with Crippen LogP contribution in [0.2, 0.25) is 0 Å². The molecule has 1 aromatic heterocycles. The summed E-state index contributed by atoms with van der Waals surface area (Å²) in [6.45, 7) is 12.1. The lowest BCUT2D eigenvalue weighted by Gasteiger charge is -2.32. The van der Waals surface area contributed by atoms with Crippen molar-refractivity contribution >= 4 is 17.7 Å². The number of aromatic nitrogens is 2. The van der Waals surface area contributed by atoms with E-state index in [1.807, 2.05) is 27.0 Å². The lowest BCUT2D eigenvalue weighted by atomic mass is 10.1. The third-order valence-electron chi connectivity index (χ3n) is 5.81. The van der Waals surface area contributed by atoms with Crippen molar-refractivity contribution in [2.24, 2.45) is 0 Å². The summed E-state index contributed by atoms with van der Waals surface area (Å²) in [5, 5.41) is 3.30. The van der Waals surface area contributed by atoms with Crippen LogP contribution in [0, 0.1) is 0 Å². The first-order chi connectivity index (χ1) is 15.2. The number of hydrogen-bond acceptors (Lipinski definition) is 7. The number of anilines is 2. The number of piperazine rings is 1. The molecule has 0 aliphatic carbocycles. The van der Waals surface area contributed by atoms with Crippen LogP contribution in [0.25, 0.3) is 0 Å². The fourth-order valence-corrected chi connectivity index (χ4v) is 3.93. The number of ether oxygens (including phenoxy) is 1. The van der Waals surface area contributed by atoms with E-state index < -0.39 is 5.60 Å². The van der Waals surface area contributed by atoms with Crippen LogP contribution in [-0.4, -0.2) is 76.1 Å². The molecule has 2 aliphatic heterocycles. The summed E-state index contributed by atoms with van der Waals surface area (Å²) in [7, 11) is 2.18. The predicted molar refractivity (Wildman–Crippen MR) is 125 cm³/mol. The van der Waals surface area contributed by atoms with Gasteiger partial charge in [0.15, 0.2) is 0 Å². The summed E-state index contributed by atoms with van der Waals surface area (Å²) < 4.78 is 5.51. The van der Waals surface area contributed by atoms with E-state index in [4.69, 9.17) is 4.74 Å². The van der Waals surface area contributed by atoms with Gasteiger partial charge in [-0.2, -0.15) is 0 Å². The summed E-state index contributed by atoms with van der Waals surface area (Å²) >= 11 is 0. The third kappa shape index (κ3) is 5.95. The first-order valence-electron chi connectivity index (χ1n) is 11.3. The minimum absolute atomic E-state index is 0.299. The van der Waals surface area contributed by atoms with Gasteiger partial charge in [-0.25, -0.2) is 14.8 Å². The molecular formula is C24H34N6O2. The molecule has 2 aliphatic rings. The van der Waals surface area contributed by atoms with Crippen molar-refractivity contribution in [3.63, 3.8) is 0 Å². The maximum Gasteiger partial charge on any atom is 0.410 e. The minimum Gasteiger partial charge on any atom is -0.444 e. The van der Waals surface area contributed by atoms with Gasteiger partial charge in [-0.1, -0.05) is 12.1 Å². The SMILES string of the molecule is CN1CCN(Cc2ccc(Nc3ncc4c(n3)CN(C(=O)OC(C)(C)C)CC4)cc2)CC1. The summed E-state index contributed by atoms with van der Waals surface area (Å²) in [5.41, 5.74) is 3.70. The third-order valence-corrected chi connectivity index (χ3v) is 5.81. The van der Waals surface area contributed by atoms with Crippen molar-refractivity contribution in [3.8, 4) is 0 Å². The number of hydrogen-bond donors (Lipinski definition) is 1. The van der Waals surface area contributed by atoms with Crippen molar-refractivity contribution in [1.82, 2.24) is 24.7 Å². The second-order valence-electron chi connectivity index (χ2n) is 9.72. The Morgan fingerprint density at radius 3 is 2.50 bits per heavy atom. The van der Waals surface area contributed by atoms with Gasteiger partial charge in [0, 0.05) is 51.2 Å². The quantitative estimate of drug-likeness (QED) is 0.785. The molecule has 4 rings (SSSR count). The number of benzene rings is 1. The molecule has 0 saturated carbocycles. The molecular weight excluding hydrogens is 404 g/mol. The zero-order valence-electron chi connectivity index (χ0n) is 19.6. The van der Waals surface area contributed by atoms with E-state index in [0.29, 0.717) is 19.0 Å². The van der Waals surface area contributed by atoms with Crippen LogP contribution in [0.4, 0.5) is 16.4 Å². The number of nitrogens with one attached hydrogen (secondary N) is 1. The number of amides is 1. The Labute approximate surface area is 190 Å². The molecule has 0 unspecified atom stereocenters. The van der Waals surface area contributed by atoms with Crippen molar-refractivity contribution in [2.45, 2.75) is 45.9 Å². The van der Waals surface area contributed by atoms with E-state index >= 15 is 0 Å². The molecule has 8 heteroatoms. The number of likely N-dealkylation sites (N-methyl/N-ethyl adjacent to an activating group) is 1. The molecule has 8 nitrogen and oxygen atoms in total. The number of carbonyl (C=O) groups is 1. The van der Waals surface area contributed by atoms with Crippen LogP contribution in [0.15, 0.2) is 30.5 Å². The van der Waals surface area contributed by atoms with Crippen LogP contribution >= 0.6 is 0 Å². The monoisotopic (exact) mass is 438 g/mol. The van der Waals surface area contributed by atoms with Crippen molar-refractivity contribution in [2.75, 3.05) is 45.1 Å². The number of rotatable bonds is 4. The Balaban J connectivity index is 1.36. The number of nitrogens with zero attached hydrogens (tertiary/aromatic N) is 5. The molecule has 0 atom stereocenters. The summed E-state index contributed by atoms with van der Waals surface area (Å²) in [6.07, 6.45) is 2.29. The molecule has 2 aromatic rings. The highest BCUT2D eigenvalue weighted by Crippen LogP contribution is 2.22. The molecule has 0 bridgehead atoms. The van der Waals surface area contributed by atoms with E-state index in [1.165, 1.54) is 5.56 Å². The summed E-state index contributed by atoms with van der Waals surface area (Å²) in [4.78, 5) is 28.1. The molecule has 1 amide bonds. The average Bonchev–Trinajstić information content (AvgIpc) is 2.75. The van der Waals surface area contributed by atoms with Gasteiger partial charge in [0.05, 0.1) is 12.2 Å². The Bertz CT molecular complexity index is 932. The highest BCUT2D eigenvalue weighted by molar-refractivity contribution is 5.68. The maximum atomic E-state index is 12.4. The van der Waals surface area contributed by atoms with Crippen LogP contribution in [0.5, 0.6) is 0 Å². The second kappa shape index (κ2) is 9.42. The highest BCUT2D eigenvalue weighted by Gasteiger charge is 2.26. The molecule has 1 saturated heterocycles. The van der Waals surface area contributed by atoms with Gasteiger partial charge in [0.1, 0.15) is 5.60 Å². The van der Waals surface area contributed by atoms with Crippen molar-refractivity contribution in [1.29, 1.82) is 0 Å². The number of carbonyl (C=O) groups excluding carboxylic acids is 1. The average molecular weight is 439 g/mol. The first kappa shape index (κ1) is 22.5. The lowest BCUT2D eigenvalue weighted by Crippen LogP contribution is -2.43. The zero-order valence-corrected chi connectivity index (χ0v) is 19.6. The smallest absolute Gasteiger partial charge is 0.410 e. The Morgan fingerprint density at radius 2 is 1.81 bits per heavy atom. The standard InChI is InChI=1S/C24H34N6O2/c1-24(2,3)32-23(31)30-10-9-19-15-25-22(27-21(19)17-30)26-20-7-5-18(6-8-20)16-29-13-11-28(4)12-14-29/h5-8,15H,9-14,16-17H2,1-4H3,(H,25,26,27). The molecule has 1 aromatic carbocycles. The Morgan fingerprint density at radius 1 is 1.09 bits per heavy atom. The zero-order chi connectivity index (χ0) is 22.7. The van der Waals surface area contributed by atoms with Gasteiger partial charge >= 0.3 is 6.09 Å². The first-order valence-corrected chi connectivity index (χ1v) is 11.3. The van der Waals surface area contributed by atoms with Crippen molar-refractivity contribution in [3.05, 3.63) is 47.3 Å². The van der Waals surface area contributed by atoms with Crippen molar-refractivity contribution < 1.29 is 9.53 Å². The lowest BCUT2D eigenvalue weighted by molar-refractivity contribution is 0.0220. The maximum absolute atomic E-state index is 12.4. The fraction of sp³-hybridized carbons (Fsp3) is 0.542. The fourth-order valence-electron chi connectivity index (χ4n) is 3.93. The van der Waals surface area contributed by atoms with E-state index in [9.17, 15) is 4.79 Å². The Hall–Kier alpha value is -2.71. The summed E-state index contributed by atoms with van der Waals surface area (Å²) in [6, 6.07) is 8.45. The summed E-state index contributed by atoms with van der Waals surface area (Å²) in [5.74, 6) is 0.543. The molecule has 3 heterocycles. The minimum atomic E-state index is -0.508. The molecule has 1 fully saturated rings. The normalized spacial score (nSPS) is 17.7. The van der Waals surface area contributed by atoms with E-state index in [-0.39, 0.29) is 6.09 Å². The Kier molecular flexibility index (Phi) is 6.62. The number of fused-ring (bicyclic) bond motifs is 1. The largest absolute Gasteiger partial charge is 0.444 e. The molecule has 0 spiro atoms.